The predicted molar refractivity (Wildman–Crippen MR) is 76.8 cm³/mol. The number of halogens is 5. The number of hydrogen-bond donors (Lipinski definition) is 1. The molecule has 0 aliphatic rings. The monoisotopic (exact) mass is 344 g/mol. The van der Waals surface area contributed by atoms with E-state index < -0.39 is 0 Å². The maximum atomic E-state index is 9.20. The molecule has 0 aliphatic heterocycles. The fraction of sp³-hybridized carbons (Fsp3) is 0. The molecule has 0 spiro atoms. The summed E-state index contributed by atoms with van der Waals surface area (Å²) in [6.45, 7) is 12.0. The smallest absolute Gasteiger partial charge is 1.00 e. The van der Waals surface area contributed by atoms with Crippen LogP contribution in [-0.2, 0) is 0 Å². The molecule has 0 heterocycles. The van der Waals surface area contributed by atoms with E-state index in [4.69, 9.17) is 58.0 Å². The van der Waals surface area contributed by atoms with Crippen molar-refractivity contribution in [2.45, 2.75) is 0 Å². The van der Waals surface area contributed by atoms with Crippen LogP contribution in [-0.4, -0.2) is 5.11 Å². The molecule has 1 N–H and O–H groups in total. The van der Waals surface area contributed by atoms with E-state index in [0.717, 1.165) is 0 Å². The van der Waals surface area contributed by atoms with E-state index in [1.165, 1.54) is 0 Å². The van der Waals surface area contributed by atoms with Gasteiger partial charge in [-0.05, 0) is 0 Å². The average Bonchev–Trinajstić information content (AvgIpc) is 2.36. The Labute approximate surface area is 150 Å². The molecular weight excluding hydrogens is 336 g/mol. The zero-order valence-corrected chi connectivity index (χ0v) is 14.9. The van der Waals surface area contributed by atoms with Crippen LogP contribution in [0.5, 0.6) is 5.75 Å². The molecular formula is C10H10Cl5NaO. The molecule has 0 aromatic heterocycles. The molecule has 7 heteroatoms. The van der Waals surface area contributed by atoms with Crippen molar-refractivity contribution in [1.29, 1.82) is 0 Å². The van der Waals surface area contributed by atoms with Gasteiger partial charge < -0.3 is 6.53 Å². The summed E-state index contributed by atoms with van der Waals surface area (Å²) in [6, 6.07) is 0. The summed E-state index contributed by atoms with van der Waals surface area (Å²) in [4.78, 5) is 0. The normalized spacial score (nSPS) is 7.82. The summed E-state index contributed by atoms with van der Waals surface area (Å²) in [5.41, 5.74) is 0. The summed E-state index contributed by atoms with van der Waals surface area (Å²) in [6.07, 6.45) is 0. The third-order valence-corrected chi connectivity index (χ3v) is 3.44. The topological polar surface area (TPSA) is 20.2 Å². The molecule has 0 atom stereocenters. The van der Waals surface area contributed by atoms with Crippen LogP contribution in [0.15, 0.2) is 26.3 Å². The standard InChI is InChI=1S/C6HCl5O.2C2H4.Na.H/c7-1-2(8)4(10)6(12)5(11)3(1)9;2*1-2;;/h12H;2*1-2H2;;/q;;;+1;-1. The zero-order chi connectivity index (χ0) is 13.5. The van der Waals surface area contributed by atoms with Crippen LogP contribution in [0.2, 0.25) is 25.1 Å². The number of phenols is 1. The third-order valence-electron chi connectivity index (χ3n) is 1.19. The van der Waals surface area contributed by atoms with Crippen molar-refractivity contribution in [2.75, 3.05) is 0 Å². The van der Waals surface area contributed by atoms with Crippen LogP contribution in [0.3, 0.4) is 0 Å². The van der Waals surface area contributed by atoms with Crippen molar-refractivity contribution in [2.24, 2.45) is 0 Å². The molecule has 0 saturated carbocycles. The largest absolute Gasteiger partial charge is 1.00 e. The number of benzene rings is 1. The van der Waals surface area contributed by atoms with E-state index in [2.05, 4.69) is 26.3 Å². The molecule has 17 heavy (non-hydrogen) atoms. The minimum Gasteiger partial charge on any atom is -1.00 e. The van der Waals surface area contributed by atoms with E-state index >= 15 is 0 Å². The number of rotatable bonds is 0. The van der Waals surface area contributed by atoms with Gasteiger partial charge in [0.05, 0.1) is 15.1 Å². The van der Waals surface area contributed by atoms with Crippen LogP contribution < -0.4 is 29.6 Å². The SMILES string of the molecule is C=C.C=C.Oc1c(Cl)c(Cl)c(Cl)c(Cl)c1Cl.[H-].[Na+]. The van der Waals surface area contributed by atoms with E-state index in [9.17, 15) is 5.11 Å². The summed E-state index contributed by atoms with van der Waals surface area (Å²) in [5, 5.41) is 9.01. The Morgan fingerprint density at radius 2 is 0.824 bits per heavy atom. The Bertz CT molecular complexity index is 269. The van der Waals surface area contributed by atoms with Crippen molar-refractivity contribution in [3.63, 3.8) is 0 Å². The Hall–Kier alpha value is 0.950. The second kappa shape index (κ2) is 12.0. The summed E-state index contributed by atoms with van der Waals surface area (Å²) in [5.74, 6) is -0.363. The fourth-order valence-corrected chi connectivity index (χ4v) is 1.72. The van der Waals surface area contributed by atoms with Crippen LogP contribution in [0.25, 0.3) is 0 Å². The summed E-state index contributed by atoms with van der Waals surface area (Å²) < 4.78 is 0. The summed E-state index contributed by atoms with van der Waals surface area (Å²) in [7, 11) is 0. The van der Waals surface area contributed by atoms with Gasteiger partial charge in [-0.15, -0.1) is 26.3 Å². The molecule has 0 bridgehead atoms. The third kappa shape index (κ3) is 6.09. The summed E-state index contributed by atoms with van der Waals surface area (Å²) >= 11 is 27.9. The van der Waals surface area contributed by atoms with E-state index in [1.807, 2.05) is 0 Å². The van der Waals surface area contributed by atoms with Crippen LogP contribution in [0.4, 0.5) is 0 Å². The van der Waals surface area contributed by atoms with Crippen LogP contribution in [0.1, 0.15) is 1.43 Å². The number of aromatic hydroxyl groups is 1. The molecule has 0 aliphatic carbocycles. The molecule has 1 rings (SSSR count). The van der Waals surface area contributed by atoms with E-state index in [0.29, 0.717) is 0 Å². The number of phenolic OH excluding ortho intramolecular Hbond substituents is 1. The first-order valence-electron chi connectivity index (χ1n) is 3.67. The van der Waals surface area contributed by atoms with Crippen molar-refractivity contribution >= 4 is 58.0 Å². The fourth-order valence-electron chi connectivity index (χ4n) is 0.593. The predicted octanol–water partition coefficient (Wildman–Crippen LogP) is 3.38. The molecule has 0 unspecified atom stereocenters. The molecule has 1 nitrogen and oxygen atoms in total. The van der Waals surface area contributed by atoms with E-state index in [1.54, 1.807) is 0 Å². The van der Waals surface area contributed by atoms with Crippen LogP contribution in [0, 0.1) is 0 Å². The van der Waals surface area contributed by atoms with Gasteiger partial charge in [-0.3, -0.25) is 0 Å². The van der Waals surface area contributed by atoms with Crippen molar-refractivity contribution < 1.29 is 36.1 Å². The Morgan fingerprint density at radius 1 is 0.647 bits per heavy atom. The van der Waals surface area contributed by atoms with Gasteiger partial charge in [0.15, 0.2) is 5.75 Å². The Kier molecular flexibility index (Phi) is 16.3. The molecule has 0 amide bonds. The van der Waals surface area contributed by atoms with Gasteiger partial charge >= 0.3 is 29.6 Å². The Balaban J connectivity index is -0.000000149. The second-order valence-electron chi connectivity index (χ2n) is 1.92. The van der Waals surface area contributed by atoms with Gasteiger partial charge in [0, 0.05) is 0 Å². The molecule has 1 aromatic carbocycles. The van der Waals surface area contributed by atoms with Crippen molar-refractivity contribution in [1.82, 2.24) is 0 Å². The maximum absolute atomic E-state index is 9.20. The van der Waals surface area contributed by atoms with E-state index in [-0.39, 0.29) is 61.8 Å². The van der Waals surface area contributed by atoms with Gasteiger partial charge in [-0.2, -0.15) is 0 Å². The van der Waals surface area contributed by atoms with Gasteiger partial charge in [-0.25, -0.2) is 0 Å². The molecule has 92 valence electrons. The Morgan fingerprint density at radius 3 is 1.06 bits per heavy atom. The first-order valence-corrected chi connectivity index (χ1v) is 5.56. The molecule has 0 saturated heterocycles. The average molecular weight is 346 g/mol. The quantitative estimate of drug-likeness (QED) is 0.330. The molecule has 0 radical (unpaired) electrons. The van der Waals surface area contributed by atoms with Gasteiger partial charge in [-0.1, -0.05) is 58.0 Å². The molecule has 1 aromatic rings. The van der Waals surface area contributed by atoms with Gasteiger partial charge in [0.1, 0.15) is 10.0 Å². The minimum absolute atomic E-state index is 0. The van der Waals surface area contributed by atoms with Gasteiger partial charge in [0.25, 0.3) is 0 Å². The van der Waals surface area contributed by atoms with Crippen LogP contribution >= 0.6 is 58.0 Å². The first kappa shape index (κ1) is 23.1. The number of hydrogen-bond acceptors (Lipinski definition) is 1. The van der Waals surface area contributed by atoms with Gasteiger partial charge in [0.2, 0.25) is 0 Å². The first-order chi connectivity index (χ1) is 7.46. The van der Waals surface area contributed by atoms with Crippen molar-refractivity contribution in [3.8, 4) is 5.75 Å². The molecule has 0 fully saturated rings. The minimum atomic E-state index is -0.363. The second-order valence-corrected chi connectivity index (χ2v) is 3.81. The zero-order valence-electron chi connectivity index (χ0n) is 10.2. The van der Waals surface area contributed by atoms with Crippen molar-refractivity contribution in [3.05, 3.63) is 51.4 Å². The maximum Gasteiger partial charge on any atom is 1.00 e.